The topological polar surface area (TPSA) is 42.0 Å². The summed E-state index contributed by atoms with van der Waals surface area (Å²) >= 11 is 4.91. The fraction of sp³-hybridized carbons (Fsp3) is 0.333. The summed E-state index contributed by atoms with van der Waals surface area (Å²) in [6, 6.07) is 5.28. The highest BCUT2D eigenvalue weighted by atomic mass is 79.9. The zero-order valence-electron chi connectivity index (χ0n) is 7.79. The molecule has 0 saturated heterocycles. The first kappa shape index (κ1) is 11.5. The van der Waals surface area contributed by atoms with E-state index < -0.39 is 0 Å². The van der Waals surface area contributed by atoms with Crippen molar-refractivity contribution in [1.29, 1.82) is 0 Å². The summed E-state index contributed by atoms with van der Waals surface area (Å²) < 4.78 is 0.676. The third kappa shape index (κ3) is 3.67. The molecule has 1 rings (SSSR count). The molecule has 1 heterocycles. The number of pyridine rings is 1. The van der Waals surface area contributed by atoms with Crippen molar-refractivity contribution < 1.29 is 4.79 Å². The van der Waals surface area contributed by atoms with E-state index in [-0.39, 0.29) is 5.91 Å². The molecule has 1 aromatic rings. The molecular formula is C9H11BrN2OS. The lowest BCUT2D eigenvalue weighted by atomic mass is 10.3. The Hall–Kier alpha value is -0.550. The molecule has 76 valence electrons. The van der Waals surface area contributed by atoms with Gasteiger partial charge in [0, 0.05) is 12.3 Å². The van der Waals surface area contributed by atoms with Crippen LogP contribution < -0.4 is 5.32 Å². The monoisotopic (exact) mass is 274 g/mol. The van der Waals surface area contributed by atoms with Gasteiger partial charge in [-0.1, -0.05) is 6.07 Å². The van der Waals surface area contributed by atoms with Crippen molar-refractivity contribution in [2.24, 2.45) is 0 Å². The average Bonchev–Trinajstić information content (AvgIpc) is 2.18. The van der Waals surface area contributed by atoms with Gasteiger partial charge >= 0.3 is 0 Å². The van der Waals surface area contributed by atoms with Gasteiger partial charge in [0.2, 0.25) is 0 Å². The number of halogens is 1. The van der Waals surface area contributed by atoms with Crippen LogP contribution in [0.15, 0.2) is 22.8 Å². The maximum absolute atomic E-state index is 11.5. The second-order valence-corrected chi connectivity index (χ2v) is 4.39. The van der Waals surface area contributed by atoms with E-state index in [4.69, 9.17) is 0 Å². The van der Waals surface area contributed by atoms with E-state index in [1.165, 1.54) is 0 Å². The summed E-state index contributed by atoms with van der Waals surface area (Å²) in [5.41, 5.74) is 0.445. The second kappa shape index (κ2) is 6.03. The largest absolute Gasteiger partial charge is 0.350 e. The predicted molar refractivity (Wildman–Crippen MR) is 62.7 cm³/mol. The van der Waals surface area contributed by atoms with Crippen LogP contribution in [0.1, 0.15) is 10.5 Å². The third-order valence-corrected chi connectivity index (χ3v) is 2.59. The van der Waals surface area contributed by atoms with Crippen molar-refractivity contribution in [2.45, 2.75) is 0 Å². The maximum atomic E-state index is 11.5. The number of hydrogen-bond donors (Lipinski definition) is 1. The zero-order chi connectivity index (χ0) is 10.4. The highest BCUT2D eigenvalue weighted by Crippen LogP contribution is 2.05. The van der Waals surface area contributed by atoms with Crippen LogP contribution in [0.4, 0.5) is 0 Å². The van der Waals surface area contributed by atoms with E-state index in [1.807, 2.05) is 6.26 Å². The Kier molecular flexibility index (Phi) is 4.97. The van der Waals surface area contributed by atoms with Gasteiger partial charge < -0.3 is 5.32 Å². The number of nitrogens with one attached hydrogen (secondary N) is 1. The molecule has 1 amide bonds. The lowest BCUT2D eigenvalue weighted by Crippen LogP contribution is -2.26. The van der Waals surface area contributed by atoms with Gasteiger partial charge in [-0.05, 0) is 34.3 Å². The molecule has 0 saturated carbocycles. The summed E-state index contributed by atoms with van der Waals surface area (Å²) in [7, 11) is 0. The molecule has 0 aromatic carbocycles. The molecule has 1 aromatic heterocycles. The maximum Gasteiger partial charge on any atom is 0.269 e. The van der Waals surface area contributed by atoms with Crippen LogP contribution in [-0.2, 0) is 0 Å². The number of nitrogens with zero attached hydrogens (tertiary/aromatic N) is 1. The standard InChI is InChI=1S/C9H11BrN2OS/c1-14-6-5-11-9(13)7-3-2-4-8(10)12-7/h2-4H,5-6H2,1H3,(H,11,13). The number of hydrogen-bond acceptors (Lipinski definition) is 3. The zero-order valence-corrected chi connectivity index (χ0v) is 10.2. The Morgan fingerprint density at radius 2 is 2.43 bits per heavy atom. The van der Waals surface area contributed by atoms with E-state index in [2.05, 4.69) is 26.2 Å². The van der Waals surface area contributed by atoms with Crippen LogP contribution in [0, 0.1) is 0 Å². The first-order valence-electron chi connectivity index (χ1n) is 4.13. The van der Waals surface area contributed by atoms with Crippen molar-refractivity contribution in [1.82, 2.24) is 10.3 Å². The van der Waals surface area contributed by atoms with Gasteiger partial charge in [-0.15, -0.1) is 0 Å². The van der Waals surface area contributed by atoms with E-state index in [0.717, 1.165) is 5.75 Å². The fourth-order valence-corrected chi connectivity index (χ4v) is 1.54. The van der Waals surface area contributed by atoms with Crippen molar-refractivity contribution in [3.8, 4) is 0 Å². The smallest absolute Gasteiger partial charge is 0.269 e. The molecule has 14 heavy (non-hydrogen) atoms. The van der Waals surface area contributed by atoms with Crippen molar-refractivity contribution >= 4 is 33.6 Å². The Morgan fingerprint density at radius 3 is 3.07 bits per heavy atom. The molecule has 3 nitrogen and oxygen atoms in total. The molecule has 0 aliphatic carbocycles. The minimum atomic E-state index is -0.125. The van der Waals surface area contributed by atoms with Gasteiger partial charge in [0.05, 0.1) is 0 Å². The van der Waals surface area contributed by atoms with Gasteiger partial charge in [-0.3, -0.25) is 4.79 Å². The summed E-state index contributed by atoms with van der Waals surface area (Å²) in [6.45, 7) is 0.675. The van der Waals surface area contributed by atoms with Crippen LogP contribution in [0.5, 0.6) is 0 Å². The quantitative estimate of drug-likeness (QED) is 0.674. The fourth-order valence-electron chi connectivity index (χ4n) is 0.892. The number of thioether (sulfide) groups is 1. The predicted octanol–water partition coefficient (Wildman–Crippen LogP) is 1.94. The molecule has 0 unspecified atom stereocenters. The summed E-state index contributed by atoms with van der Waals surface area (Å²) in [5.74, 6) is 0.792. The molecule has 0 aliphatic heterocycles. The van der Waals surface area contributed by atoms with Crippen LogP contribution >= 0.6 is 27.7 Å². The Balaban J connectivity index is 2.52. The van der Waals surface area contributed by atoms with Gasteiger partial charge in [0.15, 0.2) is 0 Å². The molecule has 0 spiro atoms. The van der Waals surface area contributed by atoms with Crippen molar-refractivity contribution in [2.75, 3.05) is 18.6 Å². The summed E-state index contributed by atoms with van der Waals surface area (Å²) in [6.07, 6.45) is 2.00. The van der Waals surface area contributed by atoms with Crippen molar-refractivity contribution in [3.05, 3.63) is 28.5 Å². The summed E-state index contributed by atoms with van der Waals surface area (Å²) in [4.78, 5) is 15.5. The van der Waals surface area contributed by atoms with Gasteiger partial charge in [0.1, 0.15) is 10.3 Å². The Bertz CT molecular complexity index is 319. The highest BCUT2D eigenvalue weighted by molar-refractivity contribution is 9.10. The molecule has 5 heteroatoms. The first-order valence-corrected chi connectivity index (χ1v) is 6.32. The van der Waals surface area contributed by atoms with Gasteiger partial charge in [-0.25, -0.2) is 4.98 Å². The average molecular weight is 275 g/mol. The molecular weight excluding hydrogens is 264 g/mol. The Morgan fingerprint density at radius 1 is 1.64 bits per heavy atom. The molecule has 0 bridgehead atoms. The molecule has 0 radical (unpaired) electrons. The molecule has 0 fully saturated rings. The number of carbonyl (C=O) groups is 1. The van der Waals surface area contributed by atoms with Crippen molar-refractivity contribution in [3.63, 3.8) is 0 Å². The third-order valence-electron chi connectivity index (χ3n) is 1.54. The molecule has 0 atom stereocenters. The first-order chi connectivity index (χ1) is 6.74. The van der Waals surface area contributed by atoms with Crippen LogP contribution in [0.3, 0.4) is 0 Å². The van der Waals surface area contributed by atoms with E-state index in [1.54, 1.807) is 30.0 Å². The minimum absolute atomic E-state index is 0.125. The minimum Gasteiger partial charge on any atom is -0.350 e. The van der Waals surface area contributed by atoms with Crippen LogP contribution in [0.2, 0.25) is 0 Å². The number of amides is 1. The Labute approximate surface area is 95.8 Å². The van der Waals surface area contributed by atoms with E-state index >= 15 is 0 Å². The highest BCUT2D eigenvalue weighted by Gasteiger charge is 2.05. The normalized spacial score (nSPS) is 9.86. The number of aromatic nitrogens is 1. The number of rotatable bonds is 4. The SMILES string of the molecule is CSCCNC(=O)c1cccc(Br)n1. The van der Waals surface area contributed by atoms with Gasteiger partial charge in [0.25, 0.3) is 5.91 Å². The van der Waals surface area contributed by atoms with Crippen LogP contribution in [-0.4, -0.2) is 29.4 Å². The number of carbonyl (C=O) groups excluding carboxylic acids is 1. The molecule has 1 N–H and O–H groups in total. The second-order valence-electron chi connectivity index (χ2n) is 2.59. The van der Waals surface area contributed by atoms with Crippen LogP contribution in [0.25, 0.3) is 0 Å². The lowest BCUT2D eigenvalue weighted by Gasteiger charge is -2.02. The van der Waals surface area contributed by atoms with Gasteiger partial charge in [-0.2, -0.15) is 11.8 Å². The van der Waals surface area contributed by atoms with E-state index in [9.17, 15) is 4.79 Å². The lowest BCUT2D eigenvalue weighted by molar-refractivity contribution is 0.0951. The van der Waals surface area contributed by atoms with E-state index in [0.29, 0.717) is 16.8 Å². The summed E-state index contributed by atoms with van der Waals surface area (Å²) in [5, 5.41) is 2.78. The molecule has 0 aliphatic rings.